The molecule has 6 aromatic carbocycles. The van der Waals surface area contributed by atoms with Crippen LogP contribution in [0.25, 0.3) is 38.8 Å². The van der Waals surface area contributed by atoms with E-state index in [2.05, 4.69) is 159 Å². The van der Waals surface area contributed by atoms with Gasteiger partial charge in [0.15, 0.2) is 0 Å². The standard InChI is InChI=1S/C50H45FN4O/c1-49(2,3)34-20-22-40(33-14-8-7-9-15-33)46(26-34)54-32-53(44-18-12-13-19-45(44)54)37-28-36(51)29-39(30-37)56-38-21-23-42-41-16-10-11-17-43(41)55(47(42)31-38)48-27-35(24-25-52-48)50(4,5)6/h7-31H,32H2,1-6H3. The predicted octanol–water partition coefficient (Wildman–Crippen LogP) is 13.6. The molecule has 9 rings (SSSR count). The van der Waals surface area contributed by atoms with Crippen molar-refractivity contribution in [3.63, 3.8) is 0 Å². The summed E-state index contributed by atoms with van der Waals surface area (Å²) in [4.78, 5) is 9.33. The fraction of sp³-hybridized carbons (Fsp3) is 0.180. The number of nitrogens with zero attached hydrogens (tertiary/aromatic N) is 4. The zero-order valence-electron chi connectivity index (χ0n) is 32.7. The molecule has 0 atom stereocenters. The second kappa shape index (κ2) is 13.4. The number of ether oxygens (including phenoxy) is 1. The number of pyridine rings is 1. The minimum Gasteiger partial charge on any atom is -0.457 e. The van der Waals surface area contributed by atoms with Gasteiger partial charge in [0.1, 0.15) is 29.8 Å². The highest BCUT2D eigenvalue weighted by atomic mass is 19.1. The van der Waals surface area contributed by atoms with E-state index in [0.29, 0.717) is 23.9 Å². The third kappa shape index (κ3) is 6.35. The van der Waals surface area contributed by atoms with Crippen LogP contribution < -0.4 is 14.5 Å². The summed E-state index contributed by atoms with van der Waals surface area (Å²) >= 11 is 0. The molecule has 0 aliphatic carbocycles. The Morgan fingerprint density at radius 1 is 0.554 bits per heavy atom. The molecule has 0 saturated heterocycles. The van der Waals surface area contributed by atoms with Gasteiger partial charge >= 0.3 is 0 Å². The minimum absolute atomic E-state index is 0.0344. The normalized spacial score (nSPS) is 13.1. The highest BCUT2D eigenvalue weighted by Crippen LogP contribution is 2.48. The van der Waals surface area contributed by atoms with E-state index < -0.39 is 0 Å². The van der Waals surface area contributed by atoms with Crippen molar-refractivity contribution in [2.75, 3.05) is 16.5 Å². The van der Waals surface area contributed by atoms with Gasteiger partial charge in [0.2, 0.25) is 0 Å². The number of halogens is 1. The Morgan fingerprint density at radius 3 is 2.00 bits per heavy atom. The number of hydrogen-bond donors (Lipinski definition) is 0. The van der Waals surface area contributed by atoms with Gasteiger partial charge in [-0.2, -0.15) is 0 Å². The molecule has 2 aromatic heterocycles. The Labute approximate surface area is 328 Å². The molecule has 3 heterocycles. The number of aromatic nitrogens is 2. The molecule has 0 bridgehead atoms. The first kappa shape index (κ1) is 35.3. The number of anilines is 4. The molecular weight excluding hydrogens is 692 g/mol. The number of para-hydroxylation sites is 3. The molecule has 0 fully saturated rings. The van der Waals surface area contributed by atoms with Crippen LogP contribution in [-0.4, -0.2) is 16.2 Å². The maximum atomic E-state index is 15.7. The Balaban J connectivity index is 1.10. The molecule has 1 aliphatic rings. The minimum atomic E-state index is -0.369. The van der Waals surface area contributed by atoms with Crippen LogP contribution in [-0.2, 0) is 10.8 Å². The van der Waals surface area contributed by atoms with Crippen molar-refractivity contribution >= 4 is 44.6 Å². The molecule has 1 aliphatic heterocycles. The monoisotopic (exact) mass is 736 g/mol. The zero-order chi connectivity index (χ0) is 38.8. The van der Waals surface area contributed by atoms with E-state index in [9.17, 15) is 0 Å². The lowest BCUT2D eigenvalue weighted by atomic mass is 9.85. The number of benzene rings is 6. The second-order valence-electron chi connectivity index (χ2n) is 16.8. The Bertz CT molecular complexity index is 2760. The summed E-state index contributed by atoms with van der Waals surface area (Å²) in [5.74, 6) is 1.51. The van der Waals surface area contributed by atoms with E-state index in [1.165, 1.54) is 17.2 Å². The lowest BCUT2D eigenvalue weighted by Gasteiger charge is -2.27. The van der Waals surface area contributed by atoms with Gasteiger partial charge in [0, 0.05) is 46.4 Å². The smallest absolute Gasteiger partial charge is 0.137 e. The molecule has 5 nitrogen and oxygen atoms in total. The first-order chi connectivity index (χ1) is 26.9. The van der Waals surface area contributed by atoms with Crippen LogP contribution in [0.5, 0.6) is 11.5 Å². The molecule has 0 radical (unpaired) electrons. The van der Waals surface area contributed by atoms with Gasteiger partial charge in [-0.15, -0.1) is 0 Å². The van der Waals surface area contributed by atoms with E-state index in [-0.39, 0.29) is 16.6 Å². The summed E-state index contributed by atoms with van der Waals surface area (Å²) < 4.78 is 24.5. The quantitative estimate of drug-likeness (QED) is 0.170. The SMILES string of the molecule is CC(C)(C)c1ccnc(-n2c3ccccc3c3ccc(Oc4cc(F)cc(N5CN(c6cc(C(C)(C)C)ccc6-c6ccccc6)c6ccccc65)c4)cc32)c1. The van der Waals surface area contributed by atoms with E-state index in [1.54, 1.807) is 6.07 Å². The lowest BCUT2D eigenvalue weighted by Crippen LogP contribution is -2.25. The van der Waals surface area contributed by atoms with E-state index in [4.69, 9.17) is 9.72 Å². The second-order valence-corrected chi connectivity index (χ2v) is 16.8. The average Bonchev–Trinajstić information content (AvgIpc) is 3.73. The molecular formula is C50H45FN4O. The van der Waals surface area contributed by atoms with Gasteiger partial charge in [-0.1, -0.05) is 114 Å². The van der Waals surface area contributed by atoms with Crippen LogP contribution in [0.1, 0.15) is 52.7 Å². The van der Waals surface area contributed by atoms with Crippen molar-refractivity contribution < 1.29 is 9.13 Å². The molecule has 0 N–H and O–H groups in total. The van der Waals surface area contributed by atoms with Crippen molar-refractivity contribution in [2.45, 2.75) is 52.4 Å². The van der Waals surface area contributed by atoms with E-state index >= 15 is 4.39 Å². The summed E-state index contributed by atoms with van der Waals surface area (Å²) in [6.07, 6.45) is 1.88. The van der Waals surface area contributed by atoms with Crippen molar-refractivity contribution in [3.8, 4) is 28.4 Å². The fourth-order valence-electron chi connectivity index (χ4n) is 7.89. The van der Waals surface area contributed by atoms with Crippen LogP contribution in [0.4, 0.5) is 27.1 Å². The molecule has 0 saturated carbocycles. The molecule has 6 heteroatoms. The summed E-state index contributed by atoms with van der Waals surface area (Å²) in [7, 11) is 0. The number of fused-ring (bicyclic) bond motifs is 4. The molecule has 8 aromatic rings. The van der Waals surface area contributed by atoms with Crippen molar-refractivity contribution in [2.24, 2.45) is 0 Å². The fourth-order valence-corrected chi connectivity index (χ4v) is 7.89. The molecule has 56 heavy (non-hydrogen) atoms. The maximum Gasteiger partial charge on any atom is 0.137 e. The number of rotatable bonds is 6. The highest BCUT2D eigenvalue weighted by molar-refractivity contribution is 6.09. The summed E-state index contributed by atoms with van der Waals surface area (Å²) in [5, 5.41) is 2.22. The van der Waals surface area contributed by atoms with Gasteiger partial charge < -0.3 is 14.5 Å². The topological polar surface area (TPSA) is 33.5 Å². The first-order valence-electron chi connectivity index (χ1n) is 19.2. The van der Waals surface area contributed by atoms with E-state index in [0.717, 1.165) is 55.8 Å². The van der Waals surface area contributed by atoms with Gasteiger partial charge in [-0.25, -0.2) is 9.37 Å². The van der Waals surface area contributed by atoms with Crippen molar-refractivity contribution in [1.82, 2.24) is 9.55 Å². The Hall–Kier alpha value is -6.40. The van der Waals surface area contributed by atoms with Crippen LogP contribution in [0.15, 0.2) is 152 Å². The van der Waals surface area contributed by atoms with Crippen LogP contribution >= 0.6 is 0 Å². The van der Waals surface area contributed by atoms with Gasteiger partial charge in [0.05, 0.1) is 28.1 Å². The van der Waals surface area contributed by atoms with E-state index in [1.807, 2.05) is 36.5 Å². The summed E-state index contributed by atoms with van der Waals surface area (Å²) in [6, 6.07) is 49.3. The third-order valence-corrected chi connectivity index (χ3v) is 10.9. The average molecular weight is 737 g/mol. The predicted molar refractivity (Wildman–Crippen MR) is 230 cm³/mol. The van der Waals surface area contributed by atoms with Crippen LogP contribution in [0.2, 0.25) is 0 Å². The van der Waals surface area contributed by atoms with Gasteiger partial charge in [-0.05, 0) is 82.1 Å². The Kier molecular flexibility index (Phi) is 8.46. The zero-order valence-corrected chi connectivity index (χ0v) is 32.7. The molecule has 0 unspecified atom stereocenters. The third-order valence-electron chi connectivity index (χ3n) is 10.9. The molecule has 0 spiro atoms. The number of hydrogen-bond acceptors (Lipinski definition) is 4. The van der Waals surface area contributed by atoms with Crippen molar-refractivity contribution in [1.29, 1.82) is 0 Å². The largest absolute Gasteiger partial charge is 0.457 e. The van der Waals surface area contributed by atoms with Crippen molar-refractivity contribution in [3.05, 3.63) is 169 Å². The highest BCUT2D eigenvalue weighted by Gasteiger charge is 2.31. The van der Waals surface area contributed by atoms with Gasteiger partial charge in [0.25, 0.3) is 0 Å². The summed E-state index contributed by atoms with van der Waals surface area (Å²) in [6.45, 7) is 13.9. The van der Waals surface area contributed by atoms with Crippen LogP contribution in [0.3, 0.4) is 0 Å². The lowest BCUT2D eigenvalue weighted by molar-refractivity contribution is 0.477. The molecule has 278 valence electrons. The Morgan fingerprint density at radius 2 is 1.23 bits per heavy atom. The maximum absolute atomic E-state index is 15.7. The van der Waals surface area contributed by atoms with Gasteiger partial charge in [-0.3, -0.25) is 4.57 Å². The molecule has 0 amide bonds. The van der Waals surface area contributed by atoms with Crippen LogP contribution in [0, 0.1) is 5.82 Å². The first-order valence-corrected chi connectivity index (χ1v) is 19.2. The summed E-state index contributed by atoms with van der Waals surface area (Å²) in [5.41, 5.74) is 10.6.